The van der Waals surface area contributed by atoms with E-state index in [1.165, 1.54) is 0 Å². The van der Waals surface area contributed by atoms with Crippen molar-refractivity contribution < 1.29 is 33.7 Å². The summed E-state index contributed by atoms with van der Waals surface area (Å²) < 4.78 is 17.0. The minimum absolute atomic E-state index is 0.0227. The molecule has 2 heterocycles. The number of rotatable bonds is 4. The topological polar surface area (TPSA) is 99.1 Å². The van der Waals surface area contributed by atoms with Gasteiger partial charge in [0.15, 0.2) is 12.4 Å². The van der Waals surface area contributed by atoms with Gasteiger partial charge >= 0.3 is 11.9 Å². The van der Waals surface area contributed by atoms with E-state index in [2.05, 4.69) is 0 Å². The lowest BCUT2D eigenvalue weighted by atomic mass is 9.82. The number of para-hydroxylation sites is 1. The van der Waals surface area contributed by atoms with Crippen LogP contribution in [-0.4, -0.2) is 35.0 Å². The number of aliphatic carboxylic acids is 1. The van der Waals surface area contributed by atoms with E-state index in [1.807, 2.05) is 13.8 Å². The highest BCUT2D eigenvalue weighted by Gasteiger charge is 2.40. The van der Waals surface area contributed by atoms with Crippen LogP contribution >= 0.6 is 0 Å². The lowest BCUT2D eigenvalue weighted by molar-refractivity contribution is -0.139. The molecule has 2 aromatic rings. The number of Topliss-reactive ketones (excluding diaryl/α,β-unsaturated/α-hetero) is 1. The molecule has 29 heavy (non-hydrogen) atoms. The maximum absolute atomic E-state index is 12.7. The van der Waals surface area contributed by atoms with Crippen LogP contribution in [0.25, 0.3) is 0 Å². The summed E-state index contributed by atoms with van der Waals surface area (Å²) in [6.07, 6.45) is 0.274. The smallest absolute Gasteiger partial charge is 0.341 e. The summed E-state index contributed by atoms with van der Waals surface area (Å²) in [6.45, 7) is 3.16. The molecule has 7 heteroatoms. The summed E-state index contributed by atoms with van der Waals surface area (Å²) in [5.41, 5.74) is 1.01. The molecule has 1 atom stereocenters. The second kappa shape index (κ2) is 6.92. The van der Waals surface area contributed by atoms with E-state index in [9.17, 15) is 14.4 Å². The van der Waals surface area contributed by atoms with Gasteiger partial charge in [0.1, 0.15) is 22.8 Å². The second-order valence-electron chi connectivity index (χ2n) is 7.77. The fraction of sp³-hybridized carbons (Fsp3) is 0.318. The fourth-order valence-electron chi connectivity index (χ4n) is 3.86. The maximum Gasteiger partial charge on any atom is 0.341 e. The fourth-order valence-corrected chi connectivity index (χ4v) is 3.86. The number of carbonyl (C=O) groups is 3. The molecule has 2 aliphatic heterocycles. The Kier molecular flexibility index (Phi) is 4.53. The summed E-state index contributed by atoms with van der Waals surface area (Å²) in [4.78, 5) is 35.9. The Morgan fingerprint density at radius 3 is 2.72 bits per heavy atom. The van der Waals surface area contributed by atoms with Crippen LogP contribution in [0.3, 0.4) is 0 Å². The van der Waals surface area contributed by atoms with Gasteiger partial charge in [0.2, 0.25) is 0 Å². The van der Waals surface area contributed by atoms with Crippen molar-refractivity contribution in [3.05, 3.63) is 53.1 Å². The van der Waals surface area contributed by atoms with E-state index in [4.69, 9.17) is 19.3 Å². The Labute approximate surface area is 167 Å². The minimum Gasteiger partial charge on any atom is -0.486 e. The summed E-state index contributed by atoms with van der Waals surface area (Å²) in [6, 6.07) is 10.2. The zero-order valence-electron chi connectivity index (χ0n) is 16.1. The van der Waals surface area contributed by atoms with Crippen LogP contribution in [0.15, 0.2) is 36.4 Å². The SMILES string of the molecule is CC1(C)CC(=O)c2ccc3c(c2O1)C(c1ccccc1OCC(=O)O)CC(=O)O3. The molecule has 0 bridgehead atoms. The lowest BCUT2D eigenvalue weighted by Crippen LogP contribution is -2.37. The second-order valence-corrected chi connectivity index (χ2v) is 7.77. The van der Waals surface area contributed by atoms with Gasteiger partial charge in [-0.2, -0.15) is 0 Å². The Morgan fingerprint density at radius 2 is 1.97 bits per heavy atom. The van der Waals surface area contributed by atoms with E-state index >= 15 is 0 Å². The van der Waals surface area contributed by atoms with Gasteiger partial charge in [-0.05, 0) is 32.0 Å². The van der Waals surface area contributed by atoms with E-state index in [0.29, 0.717) is 33.9 Å². The molecule has 7 nitrogen and oxygen atoms in total. The highest BCUT2D eigenvalue weighted by molar-refractivity contribution is 6.01. The van der Waals surface area contributed by atoms with Gasteiger partial charge in [0, 0.05) is 17.0 Å². The number of fused-ring (bicyclic) bond motifs is 3. The first-order valence-corrected chi connectivity index (χ1v) is 9.28. The maximum atomic E-state index is 12.7. The molecule has 1 N–H and O–H groups in total. The molecule has 150 valence electrons. The van der Waals surface area contributed by atoms with Crippen molar-refractivity contribution in [1.82, 2.24) is 0 Å². The average molecular weight is 396 g/mol. The summed E-state index contributed by atoms with van der Waals surface area (Å²) >= 11 is 0. The highest BCUT2D eigenvalue weighted by atomic mass is 16.5. The monoisotopic (exact) mass is 396 g/mol. The van der Waals surface area contributed by atoms with Crippen LogP contribution in [0, 0.1) is 0 Å². The predicted octanol–water partition coefficient (Wildman–Crippen LogP) is 3.33. The lowest BCUT2D eigenvalue weighted by Gasteiger charge is -2.36. The van der Waals surface area contributed by atoms with Crippen LogP contribution in [0.2, 0.25) is 0 Å². The molecule has 2 aliphatic rings. The van der Waals surface area contributed by atoms with Crippen molar-refractivity contribution in [3.8, 4) is 17.2 Å². The quantitative estimate of drug-likeness (QED) is 0.625. The summed E-state index contributed by atoms with van der Waals surface area (Å²) in [7, 11) is 0. The Hall–Kier alpha value is -3.35. The van der Waals surface area contributed by atoms with Crippen molar-refractivity contribution in [1.29, 1.82) is 0 Å². The van der Waals surface area contributed by atoms with Crippen molar-refractivity contribution in [2.45, 2.75) is 38.2 Å². The number of carboxylic acids is 1. The zero-order valence-corrected chi connectivity index (χ0v) is 16.1. The van der Waals surface area contributed by atoms with Crippen molar-refractivity contribution >= 4 is 17.7 Å². The molecular formula is C22H20O7. The van der Waals surface area contributed by atoms with E-state index in [1.54, 1.807) is 36.4 Å². The van der Waals surface area contributed by atoms with Gasteiger partial charge in [-0.1, -0.05) is 18.2 Å². The van der Waals surface area contributed by atoms with Crippen LogP contribution in [0.4, 0.5) is 0 Å². The van der Waals surface area contributed by atoms with Gasteiger partial charge in [0.05, 0.1) is 18.4 Å². The van der Waals surface area contributed by atoms with Crippen molar-refractivity contribution in [2.75, 3.05) is 6.61 Å². The average Bonchev–Trinajstić information content (AvgIpc) is 2.64. The molecule has 2 aromatic carbocycles. The standard InChI is InChI=1S/C22H20O7/c1-22(2)10-15(23)13-7-8-17-20(21(13)29-22)14(9-19(26)28-17)12-5-3-4-6-16(12)27-11-18(24)25/h3-8,14H,9-11H2,1-2H3,(H,24,25). The first-order chi connectivity index (χ1) is 13.7. The van der Waals surface area contributed by atoms with Gasteiger partial charge < -0.3 is 19.3 Å². The molecule has 4 rings (SSSR count). The zero-order chi connectivity index (χ0) is 20.8. The van der Waals surface area contributed by atoms with Crippen molar-refractivity contribution in [2.24, 2.45) is 0 Å². The Balaban J connectivity index is 1.87. The number of carboxylic acid groups (broad SMARTS) is 1. The highest BCUT2D eigenvalue weighted by Crippen LogP contribution is 2.50. The Morgan fingerprint density at radius 1 is 1.21 bits per heavy atom. The third-order valence-electron chi connectivity index (χ3n) is 5.01. The molecule has 0 saturated carbocycles. The number of hydrogen-bond acceptors (Lipinski definition) is 6. The van der Waals surface area contributed by atoms with Crippen LogP contribution in [0.5, 0.6) is 17.2 Å². The number of esters is 1. The number of hydrogen-bond donors (Lipinski definition) is 1. The first kappa shape index (κ1) is 19.0. The minimum atomic E-state index is -1.10. The predicted molar refractivity (Wildman–Crippen MR) is 102 cm³/mol. The van der Waals surface area contributed by atoms with Crippen LogP contribution < -0.4 is 14.2 Å². The molecule has 0 fully saturated rings. The number of ether oxygens (including phenoxy) is 3. The third kappa shape index (κ3) is 3.55. The van der Waals surface area contributed by atoms with E-state index < -0.39 is 30.1 Å². The summed E-state index contributed by atoms with van der Waals surface area (Å²) in [5.74, 6) is -0.941. The number of benzene rings is 2. The third-order valence-corrected chi connectivity index (χ3v) is 5.01. The summed E-state index contributed by atoms with van der Waals surface area (Å²) in [5, 5.41) is 8.96. The normalized spacial score (nSPS) is 19.4. The van der Waals surface area contributed by atoms with Gasteiger partial charge in [0.25, 0.3) is 0 Å². The Bertz CT molecular complexity index is 1020. The van der Waals surface area contributed by atoms with Crippen LogP contribution in [0.1, 0.15) is 54.1 Å². The van der Waals surface area contributed by atoms with E-state index in [0.717, 1.165) is 0 Å². The largest absolute Gasteiger partial charge is 0.486 e. The first-order valence-electron chi connectivity index (χ1n) is 9.28. The van der Waals surface area contributed by atoms with Gasteiger partial charge in [-0.3, -0.25) is 9.59 Å². The van der Waals surface area contributed by atoms with Crippen LogP contribution in [-0.2, 0) is 9.59 Å². The number of carbonyl (C=O) groups excluding carboxylic acids is 2. The molecular weight excluding hydrogens is 376 g/mol. The molecule has 1 unspecified atom stereocenters. The van der Waals surface area contributed by atoms with Gasteiger partial charge in [-0.15, -0.1) is 0 Å². The van der Waals surface area contributed by atoms with Crippen molar-refractivity contribution in [3.63, 3.8) is 0 Å². The molecule has 0 amide bonds. The molecule has 0 aromatic heterocycles. The number of ketones is 1. The molecule has 0 aliphatic carbocycles. The molecule has 0 radical (unpaired) electrons. The molecule has 0 spiro atoms. The van der Waals surface area contributed by atoms with Gasteiger partial charge in [-0.25, -0.2) is 4.79 Å². The van der Waals surface area contributed by atoms with E-state index in [-0.39, 0.29) is 18.6 Å². The molecule has 0 saturated heterocycles.